The topological polar surface area (TPSA) is 92.6 Å². The fourth-order valence-electron chi connectivity index (χ4n) is 2.81. The molecule has 0 saturated carbocycles. The average molecular weight is 382 g/mol. The largest absolute Gasteiger partial charge is 0.320 e. The maximum absolute atomic E-state index is 14.0. The number of nitrogens with one attached hydrogen (secondary N) is 1. The highest BCUT2D eigenvalue weighted by Gasteiger charge is 2.36. The Balaban J connectivity index is 0.00000288. The van der Waals surface area contributed by atoms with Gasteiger partial charge >= 0.3 is 0 Å². The number of rotatable bonds is 6. The van der Waals surface area contributed by atoms with E-state index >= 15 is 0 Å². The van der Waals surface area contributed by atoms with Crippen molar-refractivity contribution < 1.29 is 17.7 Å². The summed E-state index contributed by atoms with van der Waals surface area (Å²) in [6.45, 7) is 1.36. The van der Waals surface area contributed by atoms with Gasteiger partial charge < -0.3 is 5.32 Å². The summed E-state index contributed by atoms with van der Waals surface area (Å²) < 4.78 is 40.4. The predicted molar refractivity (Wildman–Crippen MR) is 90.3 cm³/mol. The lowest BCUT2D eigenvalue weighted by Gasteiger charge is -2.31. The Morgan fingerprint density at radius 1 is 1.38 bits per heavy atom. The normalized spacial score (nSPS) is 16.6. The Morgan fingerprint density at radius 2 is 2.00 bits per heavy atom. The van der Waals surface area contributed by atoms with Crippen molar-refractivity contribution in [1.29, 1.82) is 0 Å². The summed E-state index contributed by atoms with van der Waals surface area (Å²) in [4.78, 5) is 9.32. The van der Waals surface area contributed by atoms with Gasteiger partial charge in [-0.2, -0.15) is 4.31 Å². The molecule has 0 amide bonds. The Bertz CT molecular complexity index is 679. The number of nitrogens with zero attached hydrogens (tertiary/aromatic N) is 2. The molecule has 0 atom stereocenters. The standard InChI is InChI=1S/C14H20FN3O4S.ClH/c1-16-8-5-11-6-9-17(10-7-11)23(21,22)14-12(15)3-2-4-13(14)18(19)20;/h2-4,11,16H,5-10H2,1H3;1H. The molecule has 0 aliphatic carbocycles. The summed E-state index contributed by atoms with van der Waals surface area (Å²) in [6.07, 6.45) is 2.29. The third-order valence-electron chi connectivity index (χ3n) is 4.12. The first-order valence-corrected chi connectivity index (χ1v) is 8.89. The molecular formula is C14H21ClFN3O4S. The number of benzene rings is 1. The van der Waals surface area contributed by atoms with Crippen molar-refractivity contribution in [3.63, 3.8) is 0 Å². The van der Waals surface area contributed by atoms with E-state index in [0.717, 1.165) is 35.5 Å². The zero-order chi connectivity index (χ0) is 17.0. The van der Waals surface area contributed by atoms with Crippen LogP contribution in [-0.2, 0) is 10.0 Å². The Hall–Kier alpha value is -1.29. The van der Waals surface area contributed by atoms with Crippen LogP contribution in [0.25, 0.3) is 0 Å². The van der Waals surface area contributed by atoms with E-state index in [1.54, 1.807) is 0 Å². The highest BCUT2D eigenvalue weighted by Crippen LogP contribution is 2.32. The summed E-state index contributed by atoms with van der Waals surface area (Å²) in [5.41, 5.74) is -0.720. The number of hydrogen-bond acceptors (Lipinski definition) is 5. The Labute approximate surface area is 146 Å². The lowest BCUT2D eigenvalue weighted by atomic mass is 9.95. The predicted octanol–water partition coefficient (Wildman–Crippen LogP) is 2.17. The fraction of sp³-hybridized carbons (Fsp3) is 0.571. The minimum absolute atomic E-state index is 0. The summed E-state index contributed by atoms with van der Waals surface area (Å²) in [7, 11) is -2.35. The van der Waals surface area contributed by atoms with Gasteiger partial charge in [0.25, 0.3) is 15.7 Å². The minimum Gasteiger partial charge on any atom is -0.320 e. The van der Waals surface area contributed by atoms with E-state index in [1.165, 1.54) is 0 Å². The van der Waals surface area contributed by atoms with Crippen LogP contribution in [0.3, 0.4) is 0 Å². The SMILES string of the molecule is CNCCC1CCN(S(=O)(=O)c2c(F)cccc2[N+](=O)[O-])CC1.Cl. The third-order valence-corrected chi connectivity index (χ3v) is 6.08. The van der Waals surface area contributed by atoms with Crippen LogP contribution in [0.5, 0.6) is 0 Å². The molecule has 0 spiro atoms. The third kappa shape index (κ3) is 4.41. The van der Waals surface area contributed by atoms with Gasteiger partial charge in [0.2, 0.25) is 0 Å². The number of piperidine rings is 1. The first kappa shape index (κ1) is 20.8. The highest BCUT2D eigenvalue weighted by molar-refractivity contribution is 7.89. The zero-order valence-corrected chi connectivity index (χ0v) is 14.9. The van der Waals surface area contributed by atoms with Gasteiger partial charge in [-0.3, -0.25) is 10.1 Å². The van der Waals surface area contributed by atoms with E-state index in [1.807, 2.05) is 7.05 Å². The molecule has 136 valence electrons. The molecule has 0 radical (unpaired) electrons. The van der Waals surface area contributed by atoms with Crippen LogP contribution < -0.4 is 5.32 Å². The molecule has 0 unspecified atom stereocenters. The van der Waals surface area contributed by atoms with E-state index in [0.29, 0.717) is 18.8 Å². The lowest BCUT2D eigenvalue weighted by Crippen LogP contribution is -2.39. The summed E-state index contributed by atoms with van der Waals surface area (Å²) in [5.74, 6) is -0.680. The molecular weight excluding hydrogens is 361 g/mol. The van der Waals surface area contributed by atoms with E-state index < -0.39 is 31.3 Å². The van der Waals surface area contributed by atoms with E-state index in [9.17, 15) is 22.9 Å². The highest BCUT2D eigenvalue weighted by atomic mass is 35.5. The molecule has 10 heteroatoms. The van der Waals surface area contributed by atoms with Gasteiger partial charge in [0.05, 0.1) is 4.92 Å². The molecule has 0 bridgehead atoms. The van der Waals surface area contributed by atoms with Crippen LogP contribution in [0.15, 0.2) is 23.1 Å². The van der Waals surface area contributed by atoms with Crippen LogP contribution >= 0.6 is 12.4 Å². The number of halogens is 2. The Kier molecular flexibility index (Phi) is 7.53. The zero-order valence-electron chi connectivity index (χ0n) is 13.3. The Morgan fingerprint density at radius 3 is 2.54 bits per heavy atom. The molecule has 0 aromatic heterocycles. The van der Waals surface area contributed by atoms with Crippen molar-refractivity contribution in [2.24, 2.45) is 5.92 Å². The average Bonchev–Trinajstić information content (AvgIpc) is 2.52. The number of nitro benzene ring substituents is 1. The maximum Gasteiger partial charge on any atom is 0.292 e. The second kappa shape index (κ2) is 8.70. The van der Waals surface area contributed by atoms with Crippen molar-refractivity contribution in [3.8, 4) is 0 Å². The quantitative estimate of drug-likeness (QED) is 0.602. The van der Waals surface area contributed by atoms with E-state index in [-0.39, 0.29) is 25.5 Å². The first-order chi connectivity index (χ1) is 10.9. The van der Waals surface area contributed by atoms with Crippen molar-refractivity contribution in [1.82, 2.24) is 9.62 Å². The number of sulfonamides is 1. The van der Waals surface area contributed by atoms with Crippen molar-refractivity contribution in [2.75, 3.05) is 26.7 Å². The molecule has 1 aromatic carbocycles. The van der Waals surface area contributed by atoms with Crippen LogP contribution in [0.2, 0.25) is 0 Å². The van der Waals surface area contributed by atoms with E-state index in [2.05, 4.69) is 5.32 Å². The fourth-order valence-corrected chi connectivity index (χ4v) is 4.48. The summed E-state index contributed by atoms with van der Waals surface area (Å²) >= 11 is 0. The second-order valence-electron chi connectivity index (χ2n) is 5.58. The van der Waals surface area contributed by atoms with Gasteiger partial charge in [-0.1, -0.05) is 6.07 Å². The van der Waals surface area contributed by atoms with Crippen LogP contribution in [0.4, 0.5) is 10.1 Å². The molecule has 2 rings (SSSR count). The molecule has 1 N–H and O–H groups in total. The number of nitro groups is 1. The molecule has 1 aliphatic rings. The minimum atomic E-state index is -4.21. The molecule has 1 aliphatic heterocycles. The molecule has 1 aromatic rings. The van der Waals surface area contributed by atoms with Crippen LogP contribution in [-0.4, -0.2) is 44.3 Å². The monoisotopic (exact) mass is 381 g/mol. The van der Waals surface area contributed by atoms with Gasteiger partial charge in [0, 0.05) is 19.2 Å². The molecule has 1 saturated heterocycles. The van der Waals surface area contributed by atoms with Crippen molar-refractivity contribution in [3.05, 3.63) is 34.1 Å². The van der Waals surface area contributed by atoms with Gasteiger partial charge in [-0.25, -0.2) is 12.8 Å². The molecule has 1 fully saturated rings. The maximum atomic E-state index is 14.0. The number of hydrogen-bond donors (Lipinski definition) is 1. The first-order valence-electron chi connectivity index (χ1n) is 7.45. The van der Waals surface area contributed by atoms with Gasteiger partial charge in [-0.05, 0) is 44.8 Å². The molecule has 1 heterocycles. The van der Waals surface area contributed by atoms with Gasteiger partial charge in [0.15, 0.2) is 4.90 Å². The molecule has 7 nitrogen and oxygen atoms in total. The van der Waals surface area contributed by atoms with Crippen LogP contribution in [0, 0.1) is 21.8 Å². The van der Waals surface area contributed by atoms with Crippen LogP contribution in [0.1, 0.15) is 19.3 Å². The molecule has 24 heavy (non-hydrogen) atoms. The van der Waals surface area contributed by atoms with Gasteiger partial charge in [0.1, 0.15) is 5.82 Å². The summed E-state index contributed by atoms with van der Waals surface area (Å²) in [6, 6.07) is 3.08. The smallest absolute Gasteiger partial charge is 0.292 e. The summed E-state index contributed by atoms with van der Waals surface area (Å²) in [5, 5.41) is 14.1. The van der Waals surface area contributed by atoms with Crippen molar-refractivity contribution in [2.45, 2.75) is 24.2 Å². The van der Waals surface area contributed by atoms with Crippen molar-refractivity contribution >= 4 is 28.1 Å². The second-order valence-corrected chi connectivity index (χ2v) is 7.46. The lowest BCUT2D eigenvalue weighted by molar-refractivity contribution is -0.388. The van der Waals surface area contributed by atoms with E-state index in [4.69, 9.17) is 0 Å². The van der Waals surface area contributed by atoms with Gasteiger partial charge in [-0.15, -0.1) is 12.4 Å².